The van der Waals surface area contributed by atoms with Gasteiger partial charge in [0.05, 0.1) is 5.56 Å². The summed E-state index contributed by atoms with van der Waals surface area (Å²) in [5.74, 6) is -0.758. The van der Waals surface area contributed by atoms with Crippen molar-refractivity contribution in [3.05, 3.63) is 112 Å². The Labute approximate surface area is 188 Å². The largest absolute Gasteiger partial charge is 0.324 e. The lowest BCUT2D eigenvalue weighted by molar-refractivity contribution is 0.102. The number of benzene rings is 3. The van der Waals surface area contributed by atoms with Gasteiger partial charge in [-0.1, -0.05) is 72.3 Å². The van der Waals surface area contributed by atoms with Crippen molar-refractivity contribution >= 4 is 35.1 Å². The third-order valence-corrected chi connectivity index (χ3v) is 5.46. The molecule has 8 heteroatoms. The normalized spacial score (nSPS) is 14.8. The highest BCUT2D eigenvalue weighted by atomic mass is 35.5. The molecule has 0 aliphatic carbocycles. The zero-order valence-corrected chi connectivity index (χ0v) is 17.4. The first-order valence-electron chi connectivity index (χ1n) is 9.91. The van der Waals surface area contributed by atoms with Crippen LogP contribution in [-0.4, -0.2) is 20.7 Å². The first kappa shape index (κ1) is 20.0. The number of carbonyl (C=O) groups excluding carboxylic acids is 1. The molecule has 0 saturated carbocycles. The van der Waals surface area contributed by atoms with Gasteiger partial charge in [-0.2, -0.15) is 4.98 Å². The van der Waals surface area contributed by atoms with Gasteiger partial charge < -0.3 is 5.32 Å². The van der Waals surface area contributed by atoms with Gasteiger partial charge in [-0.3, -0.25) is 10.1 Å². The molecule has 3 aromatic carbocycles. The van der Waals surface area contributed by atoms with E-state index in [9.17, 15) is 9.18 Å². The standard InChI is InChI=1S/C24H17ClFN5O/c25-18-12-6-4-10-16(18)21-14-20(15-8-2-1-3-9-15)27-24-29-23(30-31(21)24)28-22(32)17-11-5-7-13-19(17)26/h1-14,21H,(H2,27,28,29,30,32). The minimum atomic E-state index is -0.628. The van der Waals surface area contributed by atoms with Gasteiger partial charge in [-0.25, -0.2) is 9.07 Å². The molecule has 0 spiro atoms. The van der Waals surface area contributed by atoms with Crippen molar-refractivity contribution in [1.82, 2.24) is 14.8 Å². The van der Waals surface area contributed by atoms with E-state index in [-0.39, 0.29) is 17.6 Å². The Morgan fingerprint density at radius 2 is 1.72 bits per heavy atom. The maximum atomic E-state index is 14.0. The first-order valence-corrected chi connectivity index (χ1v) is 10.3. The number of halogens is 2. The van der Waals surface area contributed by atoms with E-state index in [1.165, 1.54) is 18.2 Å². The maximum Gasteiger partial charge on any atom is 0.261 e. The Morgan fingerprint density at radius 3 is 2.50 bits per heavy atom. The number of rotatable bonds is 4. The monoisotopic (exact) mass is 445 g/mol. The SMILES string of the molecule is O=C(Nc1nc2n(n1)C(c1ccccc1Cl)C=C(c1ccccc1)N2)c1ccccc1F. The average Bonchev–Trinajstić information content (AvgIpc) is 3.22. The molecule has 1 atom stereocenters. The van der Waals surface area contributed by atoms with Crippen LogP contribution in [0.1, 0.15) is 27.5 Å². The van der Waals surface area contributed by atoms with Crippen LogP contribution in [0.15, 0.2) is 84.9 Å². The Hall–Kier alpha value is -3.97. The molecule has 0 saturated heterocycles. The number of hydrogen-bond donors (Lipinski definition) is 2. The van der Waals surface area contributed by atoms with Gasteiger partial charge in [0.15, 0.2) is 0 Å². The number of nitrogens with zero attached hydrogens (tertiary/aromatic N) is 3. The molecule has 0 radical (unpaired) electrons. The minimum Gasteiger partial charge on any atom is -0.324 e. The van der Waals surface area contributed by atoms with E-state index < -0.39 is 11.7 Å². The Balaban J connectivity index is 1.53. The van der Waals surface area contributed by atoms with Crippen LogP contribution in [0.3, 0.4) is 0 Å². The molecule has 5 rings (SSSR count). The molecule has 1 aliphatic heterocycles. The van der Waals surface area contributed by atoms with E-state index >= 15 is 0 Å². The summed E-state index contributed by atoms with van der Waals surface area (Å²) in [6.07, 6.45) is 2.00. The summed E-state index contributed by atoms with van der Waals surface area (Å²) in [5, 5.41) is 10.9. The quantitative estimate of drug-likeness (QED) is 0.442. The van der Waals surface area contributed by atoms with Gasteiger partial charge in [0.1, 0.15) is 11.9 Å². The predicted octanol–water partition coefficient (Wildman–Crippen LogP) is 5.38. The van der Waals surface area contributed by atoms with Crippen molar-refractivity contribution in [3.63, 3.8) is 0 Å². The lowest BCUT2D eigenvalue weighted by Gasteiger charge is -2.24. The summed E-state index contributed by atoms with van der Waals surface area (Å²) in [5.41, 5.74) is 2.55. The van der Waals surface area contributed by atoms with E-state index in [4.69, 9.17) is 11.6 Å². The number of aromatic nitrogens is 3. The number of nitrogens with one attached hydrogen (secondary N) is 2. The molecule has 158 valence electrons. The van der Waals surface area contributed by atoms with Crippen molar-refractivity contribution in [3.8, 4) is 0 Å². The highest BCUT2D eigenvalue weighted by molar-refractivity contribution is 6.31. The van der Waals surface area contributed by atoms with Crippen molar-refractivity contribution in [2.75, 3.05) is 10.6 Å². The molecule has 2 N–H and O–H groups in total. The fourth-order valence-electron chi connectivity index (χ4n) is 3.58. The highest BCUT2D eigenvalue weighted by Crippen LogP contribution is 2.35. The topological polar surface area (TPSA) is 71.8 Å². The van der Waals surface area contributed by atoms with Crippen LogP contribution in [0.4, 0.5) is 16.3 Å². The van der Waals surface area contributed by atoms with Crippen molar-refractivity contribution in [2.24, 2.45) is 0 Å². The van der Waals surface area contributed by atoms with E-state index in [1.807, 2.05) is 60.7 Å². The zero-order chi connectivity index (χ0) is 22.1. The van der Waals surface area contributed by atoms with Crippen LogP contribution < -0.4 is 10.6 Å². The van der Waals surface area contributed by atoms with Crippen LogP contribution in [0.25, 0.3) is 5.70 Å². The second-order valence-electron chi connectivity index (χ2n) is 7.18. The zero-order valence-electron chi connectivity index (χ0n) is 16.7. The molecule has 1 aromatic heterocycles. The van der Waals surface area contributed by atoms with Crippen molar-refractivity contribution < 1.29 is 9.18 Å². The van der Waals surface area contributed by atoms with Crippen LogP contribution >= 0.6 is 11.6 Å². The molecule has 0 bridgehead atoms. The van der Waals surface area contributed by atoms with E-state index in [1.54, 1.807) is 10.7 Å². The van der Waals surface area contributed by atoms with E-state index in [0.717, 1.165) is 16.8 Å². The van der Waals surface area contributed by atoms with Crippen LogP contribution in [0.5, 0.6) is 0 Å². The number of hydrogen-bond acceptors (Lipinski definition) is 4. The van der Waals surface area contributed by atoms with Gasteiger partial charge in [-0.15, -0.1) is 5.10 Å². The number of carbonyl (C=O) groups is 1. The fraction of sp³-hybridized carbons (Fsp3) is 0.0417. The van der Waals surface area contributed by atoms with E-state index in [2.05, 4.69) is 20.7 Å². The molecule has 1 amide bonds. The fourth-order valence-corrected chi connectivity index (χ4v) is 3.83. The molecule has 1 unspecified atom stereocenters. The maximum absolute atomic E-state index is 14.0. The Bertz CT molecular complexity index is 1340. The average molecular weight is 446 g/mol. The van der Waals surface area contributed by atoms with Gasteiger partial charge in [-0.05, 0) is 35.4 Å². The predicted molar refractivity (Wildman–Crippen MR) is 122 cm³/mol. The molecule has 0 fully saturated rings. The van der Waals surface area contributed by atoms with Gasteiger partial charge in [0, 0.05) is 10.7 Å². The Kier molecular flexibility index (Phi) is 5.17. The summed E-state index contributed by atoms with van der Waals surface area (Å²) in [6.45, 7) is 0. The van der Waals surface area contributed by atoms with E-state index in [0.29, 0.717) is 11.0 Å². The number of allylic oxidation sites excluding steroid dienone is 1. The van der Waals surface area contributed by atoms with Gasteiger partial charge >= 0.3 is 0 Å². The molecule has 6 nitrogen and oxygen atoms in total. The lowest BCUT2D eigenvalue weighted by Crippen LogP contribution is -2.20. The third kappa shape index (κ3) is 3.74. The summed E-state index contributed by atoms with van der Waals surface area (Å²) < 4.78 is 15.6. The van der Waals surface area contributed by atoms with Gasteiger partial charge in [0.25, 0.3) is 11.9 Å². The van der Waals surface area contributed by atoms with Crippen LogP contribution in [0.2, 0.25) is 5.02 Å². The third-order valence-electron chi connectivity index (χ3n) is 5.12. The molecule has 2 heterocycles. The summed E-state index contributed by atoms with van der Waals surface area (Å²) in [4.78, 5) is 17.0. The Morgan fingerprint density at radius 1 is 1.00 bits per heavy atom. The van der Waals surface area contributed by atoms with Crippen LogP contribution in [-0.2, 0) is 0 Å². The molecular formula is C24H17ClFN5O. The molecule has 32 heavy (non-hydrogen) atoms. The summed E-state index contributed by atoms with van der Waals surface area (Å²) >= 11 is 6.48. The smallest absolute Gasteiger partial charge is 0.261 e. The minimum absolute atomic E-state index is 0.0560. The first-order chi connectivity index (χ1) is 15.6. The number of amides is 1. The van der Waals surface area contributed by atoms with Crippen LogP contribution in [0, 0.1) is 5.82 Å². The van der Waals surface area contributed by atoms with Gasteiger partial charge in [0.2, 0.25) is 5.95 Å². The molecule has 1 aliphatic rings. The van der Waals surface area contributed by atoms with Crippen molar-refractivity contribution in [2.45, 2.75) is 6.04 Å². The lowest BCUT2D eigenvalue weighted by atomic mass is 10.0. The summed E-state index contributed by atoms with van der Waals surface area (Å²) in [7, 11) is 0. The molecular weight excluding hydrogens is 429 g/mol. The second-order valence-corrected chi connectivity index (χ2v) is 7.58. The second kappa shape index (κ2) is 8.28. The summed E-state index contributed by atoms with van der Waals surface area (Å²) in [6, 6.07) is 22.7. The van der Waals surface area contributed by atoms with Crippen molar-refractivity contribution in [1.29, 1.82) is 0 Å². The number of anilines is 2. The highest BCUT2D eigenvalue weighted by Gasteiger charge is 2.27. The number of fused-ring (bicyclic) bond motifs is 1. The molecule has 4 aromatic rings.